The summed E-state index contributed by atoms with van der Waals surface area (Å²) in [7, 11) is 0. The van der Waals surface area contributed by atoms with Crippen LogP contribution in [0.15, 0.2) is 18.2 Å². The Morgan fingerprint density at radius 2 is 2.21 bits per heavy atom. The molecule has 1 aromatic rings. The Bertz CT molecular complexity index is 419. The monoisotopic (exact) mass is 280 g/mol. The number of hydrogen-bond donors (Lipinski definition) is 1. The molecule has 0 bridgehead atoms. The molecule has 0 amide bonds. The lowest BCUT2D eigenvalue weighted by Crippen LogP contribution is -2.21. The van der Waals surface area contributed by atoms with Crippen LogP contribution >= 0.6 is 11.6 Å². The number of hydrogen-bond acceptors (Lipinski definition) is 2. The van der Waals surface area contributed by atoms with Gasteiger partial charge in [-0.3, -0.25) is 0 Å². The van der Waals surface area contributed by atoms with Gasteiger partial charge >= 0.3 is 0 Å². The Balaban J connectivity index is 2.11. The van der Waals surface area contributed by atoms with Crippen LogP contribution < -0.4 is 10.2 Å². The average molecular weight is 281 g/mol. The van der Waals surface area contributed by atoms with E-state index in [1.807, 2.05) is 0 Å². The van der Waals surface area contributed by atoms with Crippen LogP contribution in [0, 0.1) is 5.92 Å². The lowest BCUT2D eigenvalue weighted by Gasteiger charge is -2.22. The largest absolute Gasteiger partial charge is 0.370 e. The number of benzene rings is 1. The van der Waals surface area contributed by atoms with Gasteiger partial charge in [-0.2, -0.15) is 0 Å². The fraction of sp³-hybridized carbons (Fsp3) is 0.625. The molecule has 1 fully saturated rings. The first-order chi connectivity index (χ1) is 9.15. The lowest BCUT2D eigenvalue weighted by molar-refractivity contribution is 0.569. The molecule has 0 aromatic heterocycles. The molecule has 2 nitrogen and oxygen atoms in total. The smallest absolute Gasteiger partial charge is 0.0642 e. The summed E-state index contributed by atoms with van der Waals surface area (Å²) < 4.78 is 0. The fourth-order valence-corrected chi connectivity index (χ4v) is 3.17. The van der Waals surface area contributed by atoms with Crippen molar-refractivity contribution in [2.24, 2.45) is 5.92 Å². The number of halogens is 1. The van der Waals surface area contributed by atoms with E-state index in [4.69, 9.17) is 11.6 Å². The maximum atomic E-state index is 6.48. The number of rotatable bonds is 5. The van der Waals surface area contributed by atoms with Crippen molar-refractivity contribution in [3.05, 3.63) is 28.8 Å². The summed E-state index contributed by atoms with van der Waals surface area (Å²) in [4.78, 5) is 2.43. The summed E-state index contributed by atoms with van der Waals surface area (Å²) in [5.74, 6) is 0.830. The van der Waals surface area contributed by atoms with Gasteiger partial charge < -0.3 is 10.2 Å². The van der Waals surface area contributed by atoms with Gasteiger partial charge in [-0.1, -0.05) is 37.9 Å². The molecular weight excluding hydrogens is 256 g/mol. The Labute approximate surface area is 122 Å². The van der Waals surface area contributed by atoms with E-state index in [1.54, 1.807) is 0 Å². The van der Waals surface area contributed by atoms with Gasteiger partial charge in [0.05, 0.1) is 10.7 Å². The second kappa shape index (κ2) is 6.62. The highest BCUT2D eigenvalue weighted by atomic mass is 35.5. The van der Waals surface area contributed by atoms with E-state index in [0.717, 1.165) is 30.6 Å². The Morgan fingerprint density at radius 3 is 2.79 bits per heavy atom. The van der Waals surface area contributed by atoms with Crippen LogP contribution in [-0.2, 0) is 0 Å². The summed E-state index contributed by atoms with van der Waals surface area (Å²) in [6, 6.07) is 6.86. The van der Waals surface area contributed by atoms with Crippen molar-refractivity contribution in [1.29, 1.82) is 0 Å². The van der Waals surface area contributed by atoms with Gasteiger partial charge in [-0.05, 0) is 43.5 Å². The average Bonchev–Trinajstić information content (AvgIpc) is 2.87. The molecule has 3 heteroatoms. The number of anilines is 1. The highest BCUT2D eigenvalue weighted by molar-refractivity contribution is 6.33. The Kier molecular flexibility index (Phi) is 5.12. The maximum absolute atomic E-state index is 6.48. The molecule has 2 atom stereocenters. The molecular formula is C16H25ClN2. The summed E-state index contributed by atoms with van der Waals surface area (Å²) in [6.07, 6.45) is 2.56. The van der Waals surface area contributed by atoms with Crippen LogP contribution in [0.1, 0.15) is 45.2 Å². The molecule has 106 valence electrons. The summed E-state index contributed by atoms with van der Waals surface area (Å²) >= 11 is 6.48. The summed E-state index contributed by atoms with van der Waals surface area (Å²) in [6.45, 7) is 9.85. The van der Waals surface area contributed by atoms with E-state index < -0.39 is 0 Å². The molecule has 0 radical (unpaired) electrons. The first-order valence-corrected chi connectivity index (χ1v) is 7.81. The van der Waals surface area contributed by atoms with E-state index in [2.05, 4.69) is 49.2 Å². The van der Waals surface area contributed by atoms with Crippen molar-refractivity contribution >= 4 is 17.3 Å². The quantitative estimate of drug-likeness (QED) is 0.867. The summed E-state index contributed by atoms with van der Waals surface area (Å²) in [5.41, 5.74) is 2.46. The van der Waals surface area contributed by atoms with Crippen molar-refractivity contribution in [3.63, 3.8) is 0 Å². The predicted molar refractivity (Wildman–Crippen MR) is 84.2 cm³/mol. The highest BCUT2D eigenvalue weighted by Crippen LogP contribution is 2.33. The molecule has 1 aromatic carbocycles. The Morgan fingerprint density at radius 1 is 1.42 bits per heavy atom. The third-order valence-corrected chi connectivity index (χ3v) is 4.49. The van der Waals surface area contributed by atoms with E-state index >= 15 is 0 Å². The minimum atomic E-state index is 0.360. The highest BCUT2D eigenvalue weighted by Gasteiger charge is 2.22. The predicted octanol–water partition coefficient (Wildman–Crippen LogP) is 4.25. The van der Waals surface area contributed by atoms with Crippen molar-refractivity contribution < 1.29 is 0 Å². The van der Waals surface area contributed by atoms with Gasteiger partial charge in [-0.15, -0.1) is 0 Å². The minimum absolute atomic E-state index is 0.360. The zero-order valence-corrected chi connectivity index (χ0v) is 13.0. The Hall–Kier alpha value is -0.730. The zero-order chi connectivity index (χ0) is 13.8. The summed E-state index contributed by atoms with van der Waals surface area (Å²) in [5, 5.41) is 4.31. The second-order valence-electron chi connectivity index (χ2n) is 5.50. The van der Waals surface area contributed by atoms with Gasteiger partial charge in [0.25, 0.3) is 0 Å². The van der Waals surface area contributed by atoms with Crippen molar-refractivity contribution in [1.82, 2.24) is 5.32 Å². The van der Waals surface area contributed by atoms with Crippen molar-refractivity contribution in [3.8, 4) is 0 Å². The molecule has 1 heterocycles. The van der Waals surface area contributed by atoms with Crippen LogP contribution in [0.2, 0.25) is 5.02 Å². The third kappa shape index (κ3) is 3.43. The maximum Gasteiger partial charge on any atom is 0.0642 e. The standard InChI is InChI=1S/C16H25ClN2/c1-4-13-8-9-19(11-13)16-7-6-14(10-15(16)17)12(3)18-5-2/h6-7,10,12-13,18H,4-5,8-9,11H2,1-3H3. The van der Waals surface area contributed by atoms with E-state index in [9.17, 15) is 0 Å². The molecule has 0 aliphatic carbocycles. The van der Waals surface area contributed by atoms with Gasteiger partial charge in [0.2, 0.25) is 0 Å². The lowest BCUT2D eigenvalue weighted by atomic mass is 10.1. The SMILES string of the molecule is CCNC(C)c1ccc(N2CCC(CC)C2)c(Cl)c1. The molecule has 2 unspecified atom stereocenters. The van der Waals surface area contributed by atoms with Crippen LogP contribution in [0.3, 0.4) is 0 Å². The molecule has 0 spiro atoms. The minimum Gasteiger partial charge on any atom is -0.370 e. The third-order valence-electron chi connectivity index (χ3n) is 4.19. The van der Waals surface area contributed by atoms with E-state index in [-0.39, 0.29) is 0 Å². The van der Waals surface area contributed by atoms with Gasteiger partial charge in [0, 0.05) is 19.1 Å². The van der Waals surface area contributed by atoms with Crippen LogP contribution in [-0.4, -0.2) is 19.6 Å². The molecule has 2 rings (SSSR count). The first-order valence-electron chi connectivity index (χ1n) is 7.43. The van der Waals surface area contributed by atoms with Crippen LogP contribution in [0.25, 0.3) is 0 Å². The molecule has 1 saturated heterocycles. The van der Waals surface area contributed by atoms with E-state index in [1.165, 1.54) is 24.1 Å². The zero-order valence-electron chi connectivity index (χ0n) is 12.2. The molecule has 0 saturated carbocycles. The number of nitrogens with one attached hydrogen (secondary N) is 1. The molecule has 19 heavy (non-hydrogen) atoms. The molecule has 1 N–H and O–H groups in total. The second-order valence-corrected chi connectivity index (χ2v) is 5.91. The molecule has 1 aliphatic heterocycles. The number of nitrogens with zero attached hydrogens (tertiary/aromatic N) is 1. The topological polar surface area (TPSA) is 15.3 Å². The van der Waals surface area contributed by atoms with Gasteiger partial charge in [0.15, 0.2) is 0 Å². The first kappa shape index (κ1) is 14.7. The van der Waals surface area contributed by atoms with Crippen molar-refractivity contribution in [2.45, 2.75) is 39.7 Å². The normalized spacial score (nSPS) is 20.8. The fourth-order valence-electron chi connectivity index (χ4n) is 2.86. The van der Waals surface area contributed by atoms with E-state index in [0.29, 0.717) is 6.04 Å². The van der Waals surface area contributed by atoms with Gasteiger partial charge in [0.1, 0.15) is 0 Å². The van der Waals surface area contributed by atoms with Crippen molar-refractivity contribution in [2.75, 3.05) is 24.5 Å². The van der Waals surface area contributed by atoms with Crippen LogP contribution in [0.4, 0.5) is 5.69 Å². The van der Waals surface area contributed by atoms with Gasteiger partial charge in [-0.25, -0.2) is 0 Å². The molecule has 1 aliphatic rings. The van der Waals surface area contributed by atoms with Crippen LogP contribution in [0.5, 0.6) is 0 Å².